The average molecular weight is 324 g/mol. The van der Waals surface area contributed by atoms with Crippen LogP contribution in [0.3, 0.4) is 0 Å². The number of carbonyl (C=O) groups is 1. The van der Waals surface area contributed by atoms with Crippen molar-refractivity contribution in [2.45, 2.75) is 19.0 Å². The number of amides is 1. The van der Waals surface area contributed by atoms with Gasteiger partial charge in [-0.3, -0.25) is 4.79 Å². The minimum absolute atomic E-state index is 0.293. The van der Waals surface area contributed by atoms with E-state index < -0.39 is 5.54 Å². The predicted molar refractivity (Wildman–Crippen MR) is 71.1 cm³/mol. The van der Waals surface area contributed by atoms with Gasteiger partial charge in [0, 0.05) is 22.4 Å². The zero-order valence-corrected chi connectivity index (χ0v) is 11.7. The lowest BCUT2D eigenvalue weighted by atomic mass is 9.90. The second-order valence-corrected chi connectivity index (χ2v) is 5.70. The fourth-order valence-corrected chi connectivity index (χ4v) is 2.77. The number of nitrogens with one attached hydrogen (secondary N) is 1. The van der Waals surface area contributed by atoms with Crippen LogP contribution in [0.25, 0.3) is 0 Å². The van der Waals surface area contributed by atoms with Crippen molar-refractivity contribution in [1.29, 1.82) is 0 Å². The van der Waals surface area contributed by atoms with Gasteiger partial charge < -0.3 is 9.88 Å². The van der Waals surface area contributed by atoms with Gasteiger partial charge in [0.05, 0.1) is 12.1 Å². The molecule has 0 unspecified atom stereocenters. The maximum atomic E-state index is 14.0. The lowest BCUT2D eigenvalue weighted by molar-refractivity contribution is 0.0838. The summed E-state index contributed by atoms with van der Waals surface area (Å²) in [5, 5.41) is 2.84. The number of aromatic nitrogens is 2. The van der Waals surface area contributed by atoms with E-state index in [1.165, 1.54) is 6.07 Å². The molecule has 0 saturated heterocycles. The highest BCUT2D eigenvalue weighted by Crippen LogP contribution is 2.31. The van der Waals surface area contributed by atoms with E-state index in [0.717, 1.165) is 4.47 Å². The molecule has 19 heavy (non-hydrogen) atoms. The summed E-state index contributed by atoms with van der Waals surface area (Å²) in [7, 11) is 0. The number of benzene rings is 1. The predicted octanol–water partition coefficient (Wildman–Crippen LogP) is 2.44. The molecule has 0 spiro atoms. The Morgan fingerprint density at radius 2 is 2.32 bits per heavy atom. The van der Waals surface area contributed by atoms with Crippen molar-refractivity contribution in [2.24, 2.45) is 0 Å². The first-order valence-corrected chi connectivity index (χ1v) is 6.58. The van der Waals surface area contributed by atoms with Gasteiger partial charge in [0.1, 0.15) is 5.82 Å². The van der Waals surface area contributed by atoms with Crippen molar-refractivity contribution >= 4 is 21.8 Å². The zero-order valence-electron chi connectivity index (χ0n) is 10.2. The van der Waals surface area contributed by atoms with Crippen molar-refractivity contribution in [3.05, 3.63) is 52.3 Å². The van der Waals surface area contributed by atoms with Gasteiger partial charge in [-0.1, -0.05) is 15.9 Å². The topological polar surface area (TPSA) is 46.9 Å². The molecule has 1 aromatic carbocycles. The third-order valence-electron chi connectivity index (χ3n) is 3.32. The molecule has 0 aliphatic carbocycles. The lowest BCUT2D eigenvalue weighted by Gasteiger charge is -2.35. The summed E-state index contributed by atoms with van der Waals surface area (Å²) in [6.45, 7) is 2.25. The van der Waals surface area contributed by atoms with Crippen molar-refractivity contribution in [1.82, 2.24) is 14.9 Å². The van der Waals surface area contributed by atoms with E-state index in [4.69, 9.17) is 0 Å². The first kappa shape index (κ1) is 12.3. The van der Waals surface area contributed by atoms with Crippen LogP contribution in [-0.2, 0) is 12.1 Å². The van der Waals surface area contributed by atoms with Crippen LogP contribution in [0, 0.1) is 5.82 Å². The summed E-state index contributed by atoms with van der Waals surface area (Å²) >= 11 is 3.33. The highest BCUT2D eigenvalue weighted by atomic mass is 79.9. The van der Waals surface area contributed by atoms with E-state index in [-0.39, 0.29) is 11.7 Å². The summed E-state index contributed by atoms with van der Waals surface area (Å²) < 4.78 is 16.5. The lowest BCUT2D eigenvalue weighted by Crippen LogP contribution is -2.52. The largest absolute Gasteiger partial charge is 0.338 e. The number of nitrogens with zero attached hydrogens (tertiary/aromatic N) is 2. The molecular formula is C13H11BrFN3O. The highest BCUT2D eigenvalue weighted by Gasteiger charge is 2.37. The molecule has 1 N–H and O–H groups in total. The summed E-state index contributed by atoms with van der Waals surface area (Å²) in [5.74, 6) is -0.277. The van der Waals surface area contributed by atoms with Gasteiger partial charge in [-0.2, -0.15) is 0 Å². The molecule has 0 saturated carbocycles. The van der Waals surface area contributed by atoms with E-state index in [2.05, 4.69) is 26.2 Å². The third-order valence-corrected chi connectivity index (χ3v) is 3.81. The van der Waals surface area contributed by atoms with Gasteiger partial charge in [-0.25, -0.2) is 9.37 Å². The monoisotopic (exact) mass is 323 g/mol. The molecule has 1 aliphatic rings. The van der Waals surface area contributed by atoms with Gasteiger partial charge in [-0.05, 0) is 25.1 Å². The average Bonchev–Trinajstić information content (AvgIpc) is 2.80. The van der Waals surface area contributed by atoms with Crippen LogP contribution in [0.1, 0.15) is 23.1 Å². The maximum absolute atomic E-state index is 14.0. The standard InChI is InChI=1S/C13H11BrFN3O/c1-13(9-6-8(14)2-3-10(9)15)7-18-5-4-16-11(18)12(19)17-13/h2-6H,7H2,1H3,(H,17,19)/t13-/m0/s1. The number of carbonyl (C=O) groups excluding carboxylic acids is 1. The van der Waals surface area contributed by atoms with Crippen molar-refractivity contribution in [3.63, 3.8) is 0 Å². The number of rotatable bonds is 1. The van der Waals surface area contributed by atoms with Crippen LogP contribution in [0.15, 0.2) is 35.1 Å². The minimum atomic E-state index is -0.793. The van der Waals surface area contributed by atoms with Gasteiger partial charge in [0.2, 0.25) is 0 Å². The van der Waals surface area contributed by atoms with E-state index >= 15 is 0 Å². The fraction of sp³-hybridized carbons (Fsp3) is 0.231. The Hall–Kier alpha value is -1.69. The molecule has 0 bridgehead atoms. The van der Waals surface area contributed by atoms with Crippen LogP contribution in [0.4, 0.5) is 4.39 Å². The molecule has 1 aromatic heterocycles. The Kier molecular flexibility index (Phi) is 2.70. The van der Waals surface area contributed by atoms with E-state index in [1.807, 2.05) is 0 Å². The summed E-state index contributed by atoms with van der Waals surface area (Å²) in [4.78, 5) is 16.0. The van der Waals surface area contributed by atoms with Gasteiger partial charge >= 0.3 is 0 Å². The Labute approximate surface area is 117 Å². The molecule has 0 radical (unpaired) electrons. The quantitative estimate of drug-likeness (QED) is 0.876. The number of fused-ring (bicyclic) bond motifs is 1. The molecule has 2 heterocycles. The highest BCUT2D eigenvalue weighted by molar-refractivity contribution is 9.10. The van der Waals surface area contributed by atoms with Crippen molar-refractivity contribution < 1.29 is 9.18 Å². The summed E-state index contributed by atoms with van der Waals surface area (Å²) in [6, 6.07) is 4.72. The number of hydrogen-bond donors (Lipinski definition) is 1. The van der Waals surface area contributed by atoms with Crippen LogP contribution in [-0.4, -0.2) is 15.5 Å². The maximum Gasteiger partial charge on any atom is 0.288 e. The first-order chi connectivity index (χ1) is 8.99. The van der Waals surface area contributed by atoms with Crippen LogP contribution >= 0.6 is 15.9 Å². The summed E-state index contributed by atoms with van der Waals surface area (Å²) in [6.07, 6.45) is 3.29. The molecule has 0 fully saturated rings. The molecule has 1 atom stereocenters. The molecule has 4 nitrogen and oxygen atoms in total. The van der Waals surface area contributed by atoms with Crippen molar-refractivity contribution in [3.8, 4) is 0 Å². The fourth-order valence-electron chi connectivity index (χ4n) is 2.41. The van der Waals surface area contributed by atoms with Crippen molar-refractivity contribution in [2.75, 3.05) is 0 Å². The molecule has 1 aliphatic heterocycles. The Bertz CT molecular complexity index is 670. The smallest absolute Gasteiger partial charge is 0.288 e. The zero-order chi connectivity index (χ0) is 13.6. The number of hydrogen-bond acceptors (Lipinski definition) is 2. The van der Waals surface area contributed by atoms with E-state index in [0.29, 0.717) is 17.9 Å². The van der Waals surface area contributed by atoms with Crippen LogP contribution in [0.2, 0.25) is 0 Å². The molecule has 6 heteroatoms. The van der Waals surface area contributed by atoms with Gasteiger partial charge in [0.25, 0.3) is 5.91 Å². The number of halogens is 2. The van der Waals surface area contributed by atoms with Gasteiger partial charge in [-0.15, -0.1) is 0 Å². The third kappa shape index (κ3) is 1.96. The van der Waals surface area contributed by atoms with Crippen LogP contribution < -0.4 is 5.32 Å². The Balaban J connectivity index is 2.10. The normalized spacial score (nSPS) is 21.9. The second kappa shape index (κ2) is 4.16. The Morgan fingerprint density at radius 1 is 1.53 bits per heavy atom. The van der Waals surface area contributed by atoms with E-state index in [1.54, 1.807) is 36.0 Å². The van der Waals surface area contributed by atoms with E-state index in [9.17, 15) is 9.18 Å². The van der Waals surface area contributed by atoms with Crippen LogP contribution in [0.5, 0.6) is 0 Å². The first-order valence-electron chi connectivity index (χ1n) is 5.79. The Morgan fingerprint density at radius 3 is 3.11 bits per heavy atom. The summed E-state index contributed by atoms with van der Waals surface area (Å²) in [5.41, 5.74) is -0.340. The SMILES string of the molecule is C[C@@]1(c2cc(Br)ccc2F)Cn2ccnc2C(=O)N1. The molecular weight excluding hydrogens is 313 g/mol. The number of imidazole rings is 1. The molecule has 98 valence electrons. The molecule has 1 amide bonds. The second-order valence-electron chi connectivity index (χ2n) is 4.79. The molecule has 2 aromatic rings. The molecule has 3 rings (SSSR count). The minimum Gasteiger partial charge on any atom is -0.338 e. The van der Waals surface area contributed by atoms with Gasteiger partial charge in [0.15, 0.2) is 5.82 Å².